The Bertz CT molecular complexity index is 825. The smallest absolute Gasteiger partial charge is 0.143 e. The maximum Gasteiger partial charge on any atom is 0.143 e. The van der Waals surface area contributed by atoms with Gasteiger partial charge in [0.15, 0.2) is 0 Å². The third-order valence-corrected chi connectivity index (χ3v) is 3.38. The Labute approximate surface area is 122 Å². The van der Waals surface area contributed by atoms with E-state index in [1.807, 2.05) is 40.9 Å². The van der Waals surface area contributed by atoms with Gasteiger partial charge in [-0.3, -0.25) is 4.79 Å². The largest absolute Gasteiger partial charge is 0.304 e. The van der Waals surface area contributed by atoms with Crippen LogP contribution in [0.1, 0.15) is 16.8 Å². The van der Waals surface area contributed by atoms with Gasteiger partial charge in [0.25, 0.3) is 0 Å². The Morgan fingerprint density at radius 2 is 1.95 bits per heavy atom. The number of hydrogen-bond acceptors (Lipinski definition) is 3. The van der Waals surface area contributed by atoms with Crippen molar-refractivity contribution in [2.45, 2.75) is 12.8 Å². The van der Waals surface area contributed by atoms with Crippen molar-refractivity contribution in [3.05, 3.63) is 71.7 Å². The van der Waals surface area contributed by atoms with Crippen LogP contribution in [0.4, 0.5) is 0 Å². The number of nitriles is 1. The molecule has 21 heavy (non-hydrogen) atoms. The predicted molar refractivity (Wildman–Crippen MR) is 78.8 cm³/mol. The van der Waals surface area contributed by atoms with E-state index in [1.54, 1.807) is 18.3 Å². The highest BCUT2D eigenvalue weighted by Gasteiger charge is 2.08. The molecule has 2 heterocycles. The van der Waals surface area contributed by atoms with Crippen molar-refractivity contribution in [2.75, 3.05) is 0 Å². The van der Waals surface area contributed by atoms with Gasteiger partial charge in [0.05, 0.1) is 11.6 Å². The highest BCUT2D eigenvalue weighted by atomic mass is 16.1. The van der Waals surface area contributed by atoms with Gasteiger partial charge in [0.1, 0.15) is 11.4 Å². The van der Waals surface area contributed by atoms with Gasteiger partial charge >= 0.3 is 0 Å². The molecule has 0 bridgehead atoms. The Hall–Kier alpha value is -2.93. The number of imidazole rings is 1. The van der Waals surface area contributed by atoms with E-state index in [0.717, 1.165) is 16.9 Å². The molecule has 0 saturated heterocycles. The average Bonchev–Trinajstić information content (AvgIpc) is 2.97. The topological polar surface area (TPSA) is 58.2 Å². The summed E-state index contributed by atoms with van der Waals surface area (Å²) in [4.78, 5) is 16.4. The first kappa shape index (κ1) is 13.1. The van der Waals surface area contributed by atoms with Crippen LogP contribution in [-0.4, -0.2) is 15.2 Å². The monoisotopic (exact) mass is 275 g/mol. The standard InChI is InChI=1S/C17H13N3O/c18-12-14-6-4-13(5-7-14)10-16(21)11-15-2-1-3-17-19-8-9-20(15)17/h1-9H,10-11H2. The van der Waals surface area contributed by atoms with E-state index in [-0.39, 0.29) is 5.78 Å². The van der Waals surface area contributed by atoms with Crippen molar-refractivity contribution in [3.63, 3.8) is 0 Å². The third-order valence-electron chi connectivity index (χ3n) is 3.38. The quantitative estimate of drug-likeness (QED) is 0.735. The summed E-state index contributed by atoms with van der Waals surface area (Å²) in [6, 6.07) is 15.0. The zero-order valence-electron chi connectivity index (χ0n) is 11.4. The number of nitrogens with zero attached hydrogens (tertiary/aromatic N) is 3. The third kappa shape index (κ3) is 2.82. The first-order valence-electron chi connectivity index (χ1n) is 6.68. The molecule has 0 unspecified atom stereocenters. The molecule has 0 aliphatic heterocycles. The lowest BCUT2D eigenvalue weighted by atomic mass is 10.0. The summed E-state index contributed by atoms with van der Waals surface area (Å²) >= 11 is 0. The lowest BCUT2D eigenvalue weighted by Gasteiger charge is -2.05. The van der Waals surface area contributed by atoms with Gasteiger partial charge in [-0.2, -0.15) is 5.26 Å². The first-order valence-corrected chi connectivity index (χ1v) is 6.68. The van der Waals surface area contributed by atoms with Gasteiger partial charge in [-0.15, -0.1) is 0 Å². The van der Waals surface area contributed by atoms with Crippen molar-refractivity contribution in [3.8, 4) is 6.07 Å². The maximum absolute atomic E-state index is 12.2. The number of fused-ring (bicyclic) bond motifs is 1. The molecule has 4 heteroatoms. The van der Waals surface area contributed by atoms with Gasteiger partial charge in [0, 0.05) is 30.9 Å². The van der Waals surface area contributed by atoms with E-state index < -0.39 is 0 Å². The molecule has 3 rings (SSSR count). The molecule has 0 saturated carbocycles. The summed E-state index contributed by atoms with van der Waals surface area (Å²) in [5.74, 6) is 0.140. The van der Waals surface area contributed by atoms with Crippen LogP contribution in [-0.2, 0) is 17.6 Å². The minimum Gasteiger partial charge on any atom is -0.304 e. The van der Waals surface area contributed by atoms with Crippen LogP contribution < -0.4 is 0 Å². The van der Waals surface area contributed by atoms with Crippen LogP contribution >= 0.6 is 0 Å². The number of hydrogen-bond donors (Lipinski definition) is 0. The number of benzene rings is 1. The molecule has 0 spiro atoms. The van der Waals surface area contributed by atoms with Crippen molar-refractivity contribution in [1.82, 2.24) is 9.38 Å². The lowest BCUT2D eigenvalue weighted by molar-refractivity contribution is -0.117. The zero-order valence-corrected chi connectivity index (χ0v) is 11.4. The van der Waals surface area contributed by atoms with Crippen molar-refractivity contribution in [1.29, 1.82) is 5.26 Å². The van der Waals surface area contributed by atoms with Gasteiger partial charge in [-0.05, 0) is 29.8 Å². The highest BCUT2D eigenvalue weighted by Crippen LogP contribution is 2.10. The molecule has 2 aromatic heterocycles. The minimum atomic E-state index is 0.140. The second-order valence-electron chi connectivity index (χ2n) is 4.87. The maximum atomic E-state index is 12.2. The summed E-state index contributed by atoms with van der Waals surface area (Å²) < 4.78 is 1.93. The van der Waals surface area contributed by atoms with E-state index >= 15 is 0 Å². The Balaban J connectivity index is 1.74. The molecular formula is C17H13N3O. The molecule has 1 aromatic carbocycles. The van der Waals surface area contributed by atoms with Crippen LogP contribution in [0.3, 0.4) is 0 Å². The lowest BCUT2D eigenvalue weighted by Crippen LogP contribution is -2.09. The molecule has 3 aromatic rings. The van der Waals surface area contributed by atoms with E-state index in [4.69, 9.17) is 5.26 Å². The van der Waals surface area contributed by atoms with Gasteiger partial charge in [-0.1, -0.05) is 18.2 Å². The second kappa shape index (κ2) is 5.59. The fourth-order valence-electron chi connectivity index (χ4n) is 2.34. The Morgan fingerprint density at radius 3 is 2.71 bits per heavy atom. The number of ketones is 1. The molecule has 0 aliphatic rings. The molecular weight excluding hydrogens is 262 g/mol. The first-order chi connectivity index (χ1) is 10.3. The molecule has 0 fully saturated rings. The van der Waals surface area contributed by atoms with Crippen LogP contribution in [0.15, 0.2) is 54.9 Å². The van der Waals surface area contributed by atoms with E-state index in [2.05, 4.69) is 11.1 Å². The normalized spacial score (nSPS) is 10.4. The summed E-state index contributed by atoms with van der Waals surface area (Å²) in [6.45, 7) is 0. The Kier molecular flexibility index (Phi) is 3.48. The summed E-state index contributed by atoms with van der Waals surface area (Å²) in [6.07, 6.45) is 4.33. The number of carbonyl (C=O) groups excluding carboxylic acids is 1. The second-order valence-corrected chi connectivity index (χ2v) is 4.87. The number of Topliss-reactive ketones (excluding diaryl/α,β-unsaturated/α-hetero) is 1. The van der Waals surface area contributed by atoms with E-state index in [9.17, 15) is 4.79 Å². The van der Waals surface area contributed by atoms with E-state index in [0.29, 0.717) is 18.4 Å². The molecule has 0 amide bonds. The van der Waals surface area contributed by atoms with E-state index in [1.165, 1.54) is 0 Å². The van der Waals surface area contributed by atoms with Crippen LogP contribution in [0.25, 0.3) is 5.65 Å². The molecule has 0 radical (unpaired) electrons. The molecule has 0 aliphatic carbocycles. The fraction of sp³-hybridized carbons (Fsp3) is 0.118. The highest BCUT2D eigenvalue weighted by molar-refractivity contribution is 5.83. The van der Waals surface area contributed by atoms with Gasteiger partial charge < -0.3 is 4.40 Å². The average molecular weight is 275 g/mol. The number of carbonyl (C=O) groups is 1. The van der Waals surface area contributed by atoms with Crippen molar-refractivity contribution in [2.24, 2.45) is 0 Å². The molecule has 0 atom stereocenters. The SMILES string of the molecule is N#Cc1ccc(CC(=O)Cc2cccc3nccn23)cc1. The van der Waals surface area contributed by atoms with Gasteiger partial charge in [-0.25, -0.2) is 4.98 Å². The van der Waals surface area contributed by atoms with Gasteiger partial charge in [0.2, 0.25) is 0 Å². The minimum absolute atomic E-state index is 0.140. The zero-order chi connectivity index (χ0) is 14.7. The predicted octanol–water partition coefficient (Wildman–Crippen LogP) is 2.56. The van der Waals surface area contributed by atoms with Crippen LogP contribution in [0.2, 0.25) is 0 Å². The fourth-order valence-corrected chi connectivity index (χ4v) is 2.34. The number of pyridine rings is 1. The number of rotatable bonds is 4. The van der Waals surface area contributed by atoms with Crippen molar-refractivity contribution >= 4 is 11.4 Å². The Morgan fingerprint density at radius 1 is 1.14 bits per heavy atom. The molecule has 4 nitrogen and oxygen atoms in total. The van der Waals surface area contributed by atoms with Crippen LogP contribution in [0, 0.1) is 11.3 Å². The summed E-state index contributed by atoms with van der Waals surface area (Å²) in [5, 5.41) is 8.76. The van der Waals surface area contributed by atoms with Crippen LogP contribution in [0.5, 0.6) is 0 Å². The summed E-state index contributed by atoms with van der Waals surface area (Å²) in [5.41, 5.74) is 3.31. The molecule has 102 valence electrons. The van der Waals surface area contributed by atoms with Crippen molar-refractivity contribution < 1.29 is 4.79 Å². The number of aromatic nitrogens is 2. The molecule has 0 N–H and O–H groups in total. The summed E-state index contributed by atoms with van der Waals surface area (Å²) in [7, 11) is 0.